The van der Waals surface area contributed by atoms with Crippen molar-refractivity contribution in [2.24, 2.45) is 5.41 Å². The summed E-state index contributed by atoms with van der Waals surface area (Å²) in [4.78, 5) is 16.8. The summed E-state index contributed by atoms with van der Waals surface area (Å²) in [6, 6.07) is 15.3. The fraction of sp³-hybridized carbons (Fsp3) is 0.348. The van der Waals surface area contributed by atoms with Crippen LogP contribution in [0.5, 0.6) is 0 Å². The van der Waals surface area contributed by atoms with Crippen molar-refractivity contribution in [3.63, 3.8) is 0 Å². The van der Waals surface area contributed by atoms with Gasteiger partial charge in [-0.05, 0) is 60.2 Å². The number of nitrogens with zero attached hydrogens (tertiary/aromatic N) is 2. The Morgan fingerprint density at radius 2 is 1.50 bits per heavy atom. The van der Waals surface area contributed by atoms with Gasteiger partial charge >= 0.3 is 0 Å². The molecule has 28 heavy (non-hydrogen) atoms. The van der Waals surface area contributed by atoms with Gasteiger partial charge in [-0.3, -0.25) is 9.69 Å². The standard InChI is InChI=1S/C23H22Cl2N2O/c24-20-6-1-18(2-7-20)5-10-22(28)27-13-11-23(12-14-27)16-26(17-23)15-19-3-8-21(25)9-4-19/h1-4,6-9H,11-17H2. The van der Waals surface area contributed by atoms with Crippen LogP contribution >= 0.6 is 23.2 Å². The lowest BCUT2D eigenvalue weighted by Gasteiger charge is -2.54. The van der Waals surface area contributed by atoms with Gasteiger partial charge in [0.25, 0.3) is 5.91 Å². The molecule has 0 unspecified atom stereocenters. The SMILES string of the molecule is O=C(C#Cc1ccc(Cl)cc1)N1CCC2(CC1)CN(Cc1ccc(Cl)cc1)C2. The van der Waals surface area contributed by atoms with E-state index in [4.69, 9.17) is 23.2 Å². The summed E-state index contributed by atoms with van der Waals surface area (Å²) in [6.45, 7) is 4.77. The number of halogens is 2. The zero-order valence-electron chi connectivity index (χ0n) is 15.6. The lowest BCUT2D eigenvalue weighted by atomic mass is 9.72. The van der Waals surface area contributed by atoms with Crippen LogP contribution in [0.4, 0.5) is 0 Å². The Balaban J connectivity index is 1.25. The molecule has 3 nitrogen and oxygen atoms in total. The summed E-state index contributed by atoms with van der Waals surface area (Å²) in [7, 11) is 0. The fourth-order valence-electron chi connectivity index (χ4n) is 4.10. The van der Waals surface area contributed by atoms with E-state index >= 15 is 0 Å². The average molecular weight is 413 g/mol. The van der Waals surface area contributed by atoms with Gasteiger partial charge in [-0.1, -0.05) is 41.3 Å². The van der Waals surface area contributed by atoms with Gasteiger partial charge in [-0.15, -0.1) is 0 Å². The number of carbonyl (C=O) groups excluding carboxylic acids is 1. The van der Waals surface area contributed by atoms with Gasteiger partial charge in [0, 0.05) is 54.3 Å². The molecule has 1 spiro atoms. The van der Waals surface area contributed by atoms with E-state index in [1.54, 1.807) is 12.1 Å². The van der Waals surface area contributed by atoms with Crippen LogP contribution in [-0.2, 0) is 11.3 Å². The molecule has 0 bridgehead atoms. The maximum Gasteiger partial charge on any atom is 0.298 e. The van der Waals surface area contributed by atoms with Gasteiger partial charge in [0.15, 0.2) is 0 Å². The van der Waals surface area contributed by atoms with Crippen LogP contribution < -0.4 is 0 Å². The molecule has 0 aromatic heterocycles. The third-order valence-corrected chi connectivity index (χ3v) is 6.21. The van der Waals surface area contributed by atoms with E-state index in [2.05, 4.69) is 28.9 Å². The summed E-state index contributed by atoms with van der Waals surface area (Å²) in [6.07, 6.45) is 2.11. The molecule has 2 fully saturated rings. The molecule has 0 saturated carbocycles. The van der Waals surface area contributed by atoms with Gasteiger partial charge in [0.2, 0.25) is 0 Å². The lowest BCUT2D eigenvalue weighted by Crippen LogP contribution is -2.60. The van der Waals surface area contributed by atoms with Crippen molar-refractivity contribution in [2.45, 2.75) is 19.4 Å². The van der Waals surface area contributed by atoms with Crippen LogP contribution in [0.2, 0.25) is 10.0 Å². The summed E-state index contributed by atoms with van der Waals surface area (Å²) in [5, 5.41) is 1.45. The molecule has 1 amide bonds. The highest BCUT2D eigenvalue weighted by Gasteiger charge is 2.44. The molecule has 2 aliphatic rings. The summed E-state index contributed by atoms with van der Waals surface area (Å²) < 4.78 is 0. The van der Waals surface area contributed by atoms with Gasteiger partial charge in [-0.25, -0.2) is 0 Å². The zero-order valence-corrected chi connectivity index (χ0v) is 17.1. The van der Waals surface area contributed by atoms with Crippen LogP contribution in [0, 0.1) is 17.3 Å². The minimum atomic E-state index is -0.0813. The van der Waals surface area contributed by atoms with Crippen molar-refractivity contribution in [2.75, 3.05) is 26.2 Å². The Morgan fingerprint density at radius 1 is 0.929 bits per heavy atom. The minimum absolute atomic E-state index is 0.0813. The molecule has 2 heterocycles. The van der Waals surface area contributed by atoms with Crippen molar-refractivity contribution in [3.8, 4) is 11.8 Å². The number of carbonyl (C=O) groups is 1. The second kappa shape index (κ2) is 8.17. The minimum Gasteiger partial charge on any atom is -0.332 e. The summed E-state index contributed by atoms with van der Waals surface area (Å²) in [5.74, 6) is 5.63. The van der Waals surface area contributed by atoms with E-state index in [0.29, 0.717) is 10.4 Å². The highest BCUT2D eigenvalue weighted by atomic mass is 35.5. The monoisotopic (exact) mass is 412 g/mol. The van der Waals surface area contributed by atoms with E-state index in [1.807, 2.05) is 29.2 Å². The van der Waals surface area contributed by atoms with Crippen molar-refractivity contribution in [3.05, 3.63) is 69.7 Å². The predicted octanol–water partition coefficient (Wildman–Crippen LogP) is 4.47. The molecule has 0 N–H and O–H groups in total. The molecule has 0 aliphatic carbocycles. The third kappa shape index (κ3) is 4.52. The van der Waals surface area contributed by atoms with Crippen molar-refractivity contribution in [1.82, 2.24) is 9.80 Å². The van der Waals surface area contributed by atoms with Crippen LogP contribution in [0.25, 0.3) is 0 Å². The first kappa shape index (κ1) is 19.3. The molecule has 2 aliphatic heterocycles. The van der Waals surface area contributed by atoms with Crippen LogP contribution in [-0.4, -0.2) is 41.9 Å². The molecule has 2 aromatic carbocycles. The number of likely N-dealkylation sites (tertiary alicyclic amines) is 2. The fourth-order valence-corrected chi connectivity index (χ4v) is 4.35. The van der Waals surface area contributed by atoms with E-state index in [0.717, 1.165) is 56.2 Å². The summed E-state index contributed by atoms with van der Waals surface area (Å²) in [5.41, 5.74) is 2.47. The highest BCUT2D eigenvalue weighted by molar-refractivity contribution is 6.30. The zero-order chi connectivity index (χ0) is 19.6. The highest BCUT2D eigenvalue weighted by Crippen LogP contribution is 2.41. The molecule has 0 atom stereocenters. The van der Waals surface area contributed by atoms with Crippen molar-refractivity contribution >= 4 is 29.1 Å². The van der Waals surface area contributed by atoms with E-state index in [-0.39, 0.29) is 5.91 Å². The first-order chi connectivity index (χ1) is 13.5. The van der Waals surface area contributed by atoms with E-state index in [1.165, 1.54) is 5.56 Å². The molecular weight excluding hydrogens is 391 g/mol. The van der Waals surface area contributed by atoms with Crippen LogP contribution in [0.15, 0.2) is 48.5 Å². The second-order valence-corrected chi connectivity index (χ2v) is 8.69. The van der Waals surface area contributed by atoms with Gasteiger partial charge in [-0.2, -0.15) is 0 Å². The van der Waals surface area contributed by atoms with Crippen molar-refractivity contribution < 1.29 is 4.79 Å². The number of hydrogen-bond donors (Lipinski definition) is 0. The lowest BCUT2D eigenvalue weighted by molar-refractivity contribution is -0.130. The number of piperidine rings is 1. The molecular formula is C23H22Cl2N2O. The number of amides is 1. The van der Waals surface area contributed by atoms with Crippen LogP contribution in [0.1, 0.15) is 24.0 Å². The van der Waals surface area contributed by atoms with Crippen molar-refractivity contribution in [1.29, 1.82) is 0 Å². The average Bonchev–Trinajstić information content (AvgIpc) is 2.68. The Kier molecular flexibility index (Phi) is 5.64. The first-order valence-electron chi connectivity index (χ1n) is 9.55. The molecule has 5 heteroatoms. The molecule has 0 radical (unpaired) electrons. The Bertz CT molecular complexity index is 896. The van der Waals surface area contributed by atoms with Crippen LogP contribution in [0.3, 0.4) is 0 Å². The Labute approximate surface area is 176 Å². The summed E-state index contributed by atoms with van der Waals surface area (Å²) >= 11 is 11.8. The Morgan fingerprint density at radius 3 is 2.11 bits per heavy atom. The molecule has 144 valence electrons. The second-order valence-electron chi connectivity index (χ2n) is 7.82. The third-order valence-electron chi connectivity index (χ3n) is 5.71. The quantitative estimate of drug-likeness (QED) is 0.679. The normalized spacial score (nSPS) is 18.3. The van der Waals surface area contributed by atoms with Gasteiger partial charge in [0.05, 0.1) is 0 Å². The molecule has 2 saturated heterocycles. The maximum atomic E-state index is 12.4. The topological polar surface area (TPSA) is 23.6 Å². The maximum absolute atomic E-state index is 12.4. The number of benzene rings is 2. The number of rotatable bonds is 2. The smallest absolute Gasteiger partial charge is 0.298 e. The molecule has 4 rings (SSSR count). The van der Waals surface area contributed by atoms with E-state index in [9.17, 15) is 4.79 Å². The number of hydrogen-bond acceptors (Lipinski definition) is 2. The van der Waals surface area contributed by atoms with Gasteiger partial charge < -0.3 is 4.90 Å². The predicted molar refractivity (Wildman–Crippen MR) is 113 cm³/mol. The van der Waals surface area contributed by atoms with E-state index < -0.39 is 0 Å². The first-order valence-corrected chi connectivity index (χ1v) is 10.3. The largest absolute Gasteiger partial charge is 0.332 e. The van der Waals surface area contributed by atoms with Gasteiger partial charge in [0.1, 0.15) is 0 Å². The molecule has 2 aromatic rings. The Hall–Kier alpha value is -1.99.